The molecule has 3 aliphatic rings. The lowest BCUT2D eigenvalue weighted by Gasteiger charge is -2.31. The number of benzene rings is 1. The zero-order valence-electron chi connectivity index (χ0n) is 21.8. The first-order valence-corrected chi connectivity index (χ1v) is 13.6. The molecule has 1 aliphatic carbocycles. The summed E-state index contributed by atoms with van der Waals surface area (Å²) in [5, 5.41) is 5.50. The number of nitrogens with two attached hydrogens (primary N) is 1. The summed E-state index contributed by atoms with van der Waals surface area (Å²) in [5.74, 6) is -0.165. The number of halogens is 1. The fourth-order valence-electron chi connectivity index (χ4n) is 6.43. The van der Waals surface area contributed by atoms with Gasteiger partial charge in [-0.25, -0.2) is 4.98 Å². The third-order valence-corrected chi connectivity index (χ3v) is 8.36. The van der Waals surface area contributed by atoms with Gasteiger partial charge in [-0.1, -0.05) is 24.3 Å². The van der Waals surface area contributed by atoms with Crippen molar-refractivity contribution in [2.24, 2.45) is 7.05 Å². The van der Waals surface area contributed by atoms with Crippen molar-refractivity contribution in [2.45, 2.75) is 63.2 Å². The van der Waals surface area contributed by atoms with Crippen LogP contribution >= 0.6 is 11.6 Å². The summed E-state index contributed by atoms with van der Waals surface area (Å²) in [5.41, 5.74) is 11.4. The van der Waals surface area contributed by atoms with Gasteiger partial charge in [0.2, 0.25) is 5.28 Å². The lowest BCUT2D eigenvalue weighted by molar-refractivity contribution is -0.157. The van der Waals surface area contributed by atoms with Crippen LogP contribution in [0.25, 0.3) is 22.3 Å². The minimum atomic E-state index is -0.681. The van der Waals surface area contributed by atoms with Gasteiger partial charge in [-0.2, -0.15) is 10.1 Å². The largest absolute Gasteiger partial charge is 0.383 e. The highest BCUT2D eigenvalue weighted by atomic mass is 35.5. The van der Waals surface area contributed by atoms with E-state index in [4.69, 9.17) is 26.8 Å². The molecule has 1 saturated carbocycles. The summed E-state index contributed by atoms with van der Waals surface area (Å²) < 4.78 is 17.1. The molecule has 9 nitrogen and oxygen atoms in total. The maximum atomic E-state index is 6.56. The third kappa shape index (κ3) is 4.00. The predicted octanol–water partition coefficient (Wildman–Crippen LogP) is 4.52. The number of hydrogen-bond acceptors (Lipinski definition) is 7. The molecule has 2 N–H and O–H groups in total. The van der Waals surface area contributed by atoms with E-state index >= 15 is 0 Å². The topological polar surface area (TPSA) is 96.2 Å². The number of fused-ring (bicyclic) bond motifs is 2. The summed E-state index contributed by atoms with van der Waals surface area (Å²) in [6.07, 6.45) is 5.88. The number of aromatic nitrogens is 5. The molecule has 3 aromatic heterocycles. The van der Waals surface area contributed by atoms with Gasteiger partial charge in [0.1, 0.15) is 17.6 Å². The first-order chi connectivity index (χ1) is 18.3. The van der Waals surface area contributed by atoms with Crippen LogP contribution in [0.2, 0.25) is 5.28 Å². The second-order valence-electron chi connectivity index (χ2n) is 11.3. The number of anilines is 1. The van der Waals surface area contributed by atoms with Crippen LogP contribution in [-0.4, -0.2) is 60.3 Å². The van der Waals surface area contributed by atoms with Crippen molar-refractivity contribution >= 4 is 28.5 Å². The molecule has 0 amide bonds. The number of hydrogen-bond donors (Lipinski definition) is 1. The van der Waals surface area contributed by atoms with Crippen molar-refractivity contribution in [3.05, 3.63) is 59.1 Å². The Balaban J connectivity index is 1.32. The van der Waals surface area contributed by atoms with Crippen molar-refractivity contribution in [3.63, 3.8) is 0 Å². The molecule has 7 rings (SSSR count). The molecule has 0 bridgehead atoms. The minimum Gasteiger partial charge on any atom is -0.383 e. The highest BCUT2D eigenvalue weighted by molar-refractivity contribution is 6.29. The second-order valence-corrected chi connectivity index (χ2v) is 11.6. The van der Waals surface area contributed by atoms with Gasteiger partial charge in [-0.15, -0.1) is 0 Å². The van der Waals surface area contributed by atoms with E-state index in [2.05, 4.69) is 55.0 Å². The molecule has 4 aromatic rings. The standard InChI is InChI=1S/C28H32ClN7O2/c1-28(2)37-23-18(17-7-4-6-16(12-17)14-35-9-5-10-35)13-21(24(23)38-28)36-15-19(20-8-11-34(3)33-20)22-25(30)31-27(29)32-26(22)36/h4,6-8,11-12,15,18,21,23-24H,5,9-10,13-14H2,1-3H3,(H2,30,31,32)/t18-,21-,23-,24+/m1/s1. The van der Waals surface area contributed by atoms with E-state index in [0.717, 1.165) is 29.6 Å². The first-order valence-electron chi connectivity index (χ1n) is 13.3. The smallest absolute Gasteiger partial charge is 0.226 e. The number of likely N-dealkylation sites (tertiary alicyclic amines) is 1. The third-order valence-electron chi connectivity index (χ3n) is 8.19. The van der Waals surface area contributed by atoms with Crippen LogP contribution in [-0.2, 0) is 23.1 Å². The van der Waals surface area contributed by atoms with Crippen LogP contribution in [0.4, 0.5) is 5.82 Å². The maximum absolute atomic E-state index is 6.56. The molecule has 3 fully saturated rings. The number of aryl methyl sites for hydroxylation is 1. The fourth-order valence-corrected chi connectivity index (χ4v) is 6.60. The van der Waals surface area contributed by atoms with Crippen LogP contribution in [0.3, 0.4) is 0 Å². The molecule has 198 valence electrons. The fraction of sp³-hybridized carbons (Fsp3) is 0.464. The molecular formula is C28H32ClN7O2. The van der Waals surface area contributed by atoms with Crippen molar-refractivity contribution in [3.8, 4) is 11.3 Å². The predicted molar refractivity (Wildman–Crippen MR) is 146 cm³/mol. The minimum absolute atomic E-state index is 0.0313. The molecule has 5 heterocycles. The molecule has 0 radical (unpaired) electrons. The number of nitrogens with zero attached hydrogens (tertiary/aromatic N) is 6. The Labute approximate surface area is 226 Å². The van der Waals surface area contributed by atoms with Gasteiger partial charge in [-0.3, -0.25) is 9.58 Å². The van der Waals surface area contributed by atoms with Crippen LogP contribution in [0.5, 0.6) is 0 Å². The second kappa shape index (κ2) is 8.77. The van der Waals surface area contributed by atoms with Crippen molar-refractivity contribution in [1.82, 2.24) is 29.2 Å². The van der Waals surface area contributed by atoms with Crippen molar-refractivity contribution in [1.29, 1.82) is 0 Å². The van der Waals surface area contributed by atoms with Crippen LogP contribution in [0.1, 0.15) is 49.8 Å². The first kappa shape index (κ1) is 24.1. The van der Waals surface area contributed by atoms with Gasteiger partial charge in [0, 0.05) is 37.5 Å². The Kier molecular flexibility index (Phi) is 5.56. The molecule has 2 aliphatic heterocycles. The van der Waals surface area contributed by atoms with E-state index in [1.54, 1.807) is 4.68 Å². The molecule has 38 heavy (non-hydrogen) atoms. The van der Waals surface area contributed by atoms with Gasteiger partial charge in [0.25, 0.3) is 0 Å². The highest BCUT2D eigenvalue weighted by Crippen LogP contribution is 2.52. The normalized spacial score (nSPS) is 26.6. The molecule has 0 spiro atoms. The van der Waals surface area contributed by atoms with E-state index in [1.807, 2.05) is 33.2 Å². The quantitative estimate of drug-likeness (QED) is 0.377. The number of rotatable bonds is 5. The van der Waals surface area contributed by atoms with Gasteiger partial charge >= 0.3 is 0 Å². The zero-order valence-corrected chi connectivity index (χ0v) is 22.6. The summed E-state index contributed by atoms with van der Waals surface area (Å²) in [7, 11) is 1.90. The van der Waals surface area contributed by atoms with E-state index in [0.29, 0.717) is 11.5 Å². The molecule has 4 atom stereocenters. The summed E-state index contributed by atoms with van der Waals surface area (Å²) >= 11 is 6.32. The van der Waals surface area contributed by atoms with Crippen molar-refractivity contribution < 1.29 is 9.47 Å². The summed E-state index contributed by atoms with van der Waals surface area (Å²) in [6.45, 7) is 7.33. The van der Waals surface area contributed by atoms with E-state index in [9.17, 15) is 0 Å². The van der Waals surface area contributed by atoms with Gasteiger partial charge < -0.3 is 19.8 Å². The SMILES string of the molecule is Cn1ccc(-c2cn([C@@H]3C[C@H](c4cccc(CN5CCC5)c4)[C@H]4OC(C)(C)O[C@H]43)c3nc(Cl)nc(N)c23)n1. The van der Waals surface area contributed by atoms with E-state index in [-0.39, 0.29) is 29.5 Å². The Morgan fingerprint density at radius 1 is 1.13 bits per heavy atom. The van der Waals surface area contributed by atoms with E-state index < -0.39 is 5.79 Å². The molecule has 1 aromatic carbocycles. The molecule has 2 saturated heterocycles. The highest BCUT2D eigenvalue weighted by Gasteiger charge is 2.55. The molecule has 0 unspecified atom stereocenters. The Bertz CT molecular complexity index is 1520. The maximum Gasteiger partial charge on any atom is 0.226 e. The van der Waals surface area contributed by atoms with Crippen LogP contribution in [0.15, 0.2) is 42.7 Å². The van der Waals surface area contributed by atoms with Crippen LogP contribution in [0, 0.1) is 0 Å². The van der Waals surface area contributed by atoms with Gasteiger partial charge in [0.15, 0.2) is 5.79 Å². The average molecular weight is 534 g/mol. The average Bonchev–Trinajstić information content (AvgIpc) is 3.58. The Morgan fingerprint density at radius 2 is 1.95 bits per heavy atom. The summed E-state index contributed by atoms with van der Waals surface area (Å²) in [6, 6.07) is 10.9. The monoisotopic (exact) mass is 533 g/mol. The van der Waals surface area contributed by atoms with Crippen LogP contribution < -0.4 is 5.73 Å². The number of nitrogen functional groups attached to an aromatic ring is 1. The Morgan fingerprint density at radius 3 is 2.68 bits per heavy atom. The van der Waals surface area contributed by atoms with Gasteiger partial charge in [0.05, 0.1) is 23.2 Å². The number of ether oxygens (including phenoxy) is 2. The summed E-state index contributed by atoms with van der Waals surface area (Å²) in [4.78, 5) is 11.4. The molecule has 10 heteroatoms. The molecular weight excluding hydrogens is 502 g/mol. The van der Waals surface area contributed by atoms with Crippen molar-refractivity contribution in [2.75, 3.05) is 18.8 Å². The zero-order chi connectivity index (χ0) is 26.2. The Hall–Kier alpha value is -2.98. The lowest BCUT2D eigenvalue weighted by atomic mass is 9.93. The van der Waals surface area contributed by atoms with E-state index in [1.165, 1.54) is 30.6 Å². The van der Waals surface area contributed by atoms with Gasteiger partial charge in [-0.05, 0) is 68.6 Å². The lowest BCUT2D eigenvalue weighted by Crippen LogP contribution is -2.36.